The van der Waals surface area contributed by atoms with E-state index in [1.54, 1.807) is 25.1 Å². The first-order chi connectivity index (χ1) is 11.4. The lowest BCUT2D eigenvalue weighted by molar-refractivity contribution is -0.127. The molecule has 132 valence electrons. The topological polar surface area (TPSA) is 75.4 Å². The maximum absolute atomic E-state index is 13.7. The van der Waals surface area contributed by atoms with Gasteiger partial charge in [-0.25, -0.2) is 9.40 Å². The number of halogens is 2. The molecular weight excluding hydrogens is 345 g/mol. The van der Waals surface area contributed by atoms with Crippen LogP contribution in [0.5, 0.6) is 0 Å². The number of carbonyl (C=O) groups excluding carboxylic acids is 2. The van der Waals surface area contributed by atoms with Crippen LogP contribution >= 0.6 is 12.4 Å². The van der Waals surface area contributed by atoms with E-state index in [0.717, 1.165) is 11.1 Å². The molecule has 2 aromatic rings. The summed E-state index contributed by atoms with van der Waals surface area (Å²) >= 11 is 0. The Kier molecular flexibility index (Phi) is 5.45. The van der Waals surface area contributed by atoms with E-state index in [4.69, 9.17) is 5.73 Å². The van der Waals surface area contributed by atoms with Crippen molar-refractivity contribution < 1.29 is 14.0 Å². The lowest BCUT2D eigenvalue weighted by Crippen LogP contribution is -2.52. The van der Waals surface area contributed by atoms with Crippen molar-refractivity contribution >= 4 is 29.9 Å². The van der Waals surface area contributed by atoms with Gasteiger partial charge in [0, 0.05) is 5.56 Å². The minimum atomic E-state index is -0.761. The van der Waals surface area contributed by atoms with E-state index >= 15 is 0 Å². The van der Waals surface area contributed by atoms with E-state index in [9.17, 15) is 14.0 Å². The molecule has 25 heavy (non-hydrogen) atoms. The maximum atomic E-state index is 13.7. The summed E-state index contributed by atoms with van der Waals surface area (Å²) in [5.41, 5.74) is 10.8. The summed E-state index contributed by atoms with van der Waals surface area (Å²) < 4.78 is 13.7. The number of fused-ring (bicyclic) bond motifs is 3. The Morgan fingerprint density at radius 2 is 1.92 bits per heavy atom. The van der Waals surface area contributed by atoms with E-state index < -0.39 is 23.7 Å². The van der Waals surface area contributed by atoms with Gasteiger partial charge in [0.15, 0.2) is 0 Å². The molecule has 7 heteroatoms. The highest BCUT2D eigenvalue weighted by Crippen LogP contribution is 2.40. The van der Waals surface area contributed by atoms with Gasteiger partial charge < -0.3 is 5.73 Å². The van der Waals surface area contributed by atoms with Crippen molar-refractivity contribution in [1.29, 1.82) is 0 Å². The monoisotopic (exact) mass is 363 g/mol. The average Bonchev–Trinajstić information content (AvgIpc) is 2.65. The number of carbonyl (C=O) groups is 2. The van der Waals surface area contributed by atoms with Crippen LogP contribution in [0.2, 0.25) is 0 Å². The Bertz CT molecular complexity index is 826. The van der Waals surface area contributed by atoms with Crippen LogP contribution in [0.4, 0.5) is 10.1 Å². The van der Waals surface area contributed by atoms with Crippen molar-refractivity contribution in [2.24, 2.45) is 5.73 Å². The van der Waals surface area contributed by atoms with Crippen LogP contribution in [0.1, 0.15) is 25.3 Å². The quantitative estimate of drug-likeness (QED) is 0.861. The Labute approximate surface area is 151 Å². The number of rotatable bonds is 2. The third-order valence-electron chi connectivity index (χ3n) is 4.14. The van der Waals surface area contributed by atoms with Gasteiger partial charge in [0.05, 0.1) is 17.6 Å². The molecule has 1 aliphatic heterocycles. The number of nitrogens with zero attached hydrogens (tertiary/aromatic N) is 1. The fourth-order valence-electron chi connectivity index (χ4n) is 2.81. The first-order valence-electron chi connectivity index (χ1n) is 7.69. The van der Waals surface area contributed by atoms with Crippen molar-refractivity contribution in [3.63, 3.8) is 0 Å². The number of nitrogens with two attached hydrogens (primary N) is 1. The molecule has 5 nitrogen and oxygen atoms in total. The number of hydrogen-bond acceptors (Lipinski definition) is 3. The number of anilines is 1. The van der Waals surface area contributed by atoms with Crippen molar-refractivity contribution in [3.05, 3.63) is 53.8 Å². The van der Waals surface area contributed by atoms with E-state index in [2.05, 4.69) is 5.43 Å². The Balaban J connectivity index is 0.00000225. The summed E-state index contributed by atoms with van der Waals surface area (Å²) in [6.07, 6.45) is 0. The lowest BCUT2D eigenvalue weighted by atomic mass is 9.92. The predicted octanol–water partition coefficient (Wildman–Crippen LogP) is 2.74. The number of benzene rings is 2. The van der Waals surface area contributed by atoms with Gasteiger partial charge in [-0.2, -0.15) is 0 Å². The van der Waals surface area contributed by atoms with Crippen molar-refractivity contribution in [2.75, 3.05) is 5.01 Å². The van der Waals surface area contributed by atoms with Crippen LogP contribution in [0.15, 0.2) is 42.5 Å². The lowest BCUT2D eigenvalue weighted by Gasteiger charge is -2.26. The molecule has 0 aliphatic carbocycles. The number of hydrogen-bond donors (Lipinski definition) is 2. The molecule has 0 fully saturated rings. The molecule has 0 spiro atoms. The van der Waals surface area contributed by atoms with Gasteiger partial charge >= 0.3 is 0 Å². The van der Waals surface area contributed by atoms with Gasteiger partial charge in [0.1, 0.15) is 5.82 Å². The van der Waals surface area contributed by atoms with Gasteiger partial charge in [0.2, 0.25) is 0 Å². The Hall–Kier alpha value is -2.44. The van der Waals surface area contributed by atoms with Crippen molar-refractivity contribution in [3.8, 4) is 11.1 Å². The second kappa shape index (κ2) is 7.21. The molecule has 0 aromatic heterocycles. The normalized spacial score (nSPS) is 16.9. The largest absolute Gasteiger partial charge is 0.320 e. The first kappa shape index (κ1) is 18.9. The molecule has 0 saturated carbocycles. The van der Waals surface area contributed by atoms with Gasteiger partial charge in [-0.1, -0.05) is 24.3 Å². The highest BCUT2D eigenvalue weighted by molar-refractivity contribution is 6.06. The Morgan fingerprint density at radius 3 is 2.60 bits per heavy atom. The minimum Gasteiger partial charge on any atom is -0.320 e. The second-order valence-electron chi connectivity index (χ2n) is 5.91. The molecular formula is C18H19ClFN3O2. The third kappa shape index (κ3) is 3.36. The fraction of sp³-hybridized carbons (Fsp3) is 0.222. The van der Waals surface area contributed by atoms with Gasteiger partial charge in [-0.05, 0) is 43.2 Å². The second-order valence-corrected chi connectivity index (χ2v) is 5.91. The molecule has 3 N–H and O–H groups in total. The van der Waals surface area contributed by atoms with E-state index in [-0.39, 0.29) is 18.3 Å². The summed E-state index contributed by atoms with van der Waals surface area (Å²) in [6.45, 7) is 3.23. The predicted molar refractivity (Wildman–Crippen MR) is 96.8 cm³/mol. The number of nitrogens with one attached hydrogen (secondary N) is 1. The smallest absolute Gasteiger partial charge is 0.255 e. The average molecular weight is 364 g/mol. The zero-order chi connectivity index (χ0) is 17.4. The van der Waals surface area contributed by atoms with E-state index in [1.165, 1.54) is 24.1 Å². The maximum Gasteiger partial charge on any atom is 0.255 e. The van der Waals surface area contributed by atoms with Crippen LogP contribution in [0.3, 0.4) is 0 Å². The SMILES string of the molecule is CC1C(=O)N(NC(=O)[C@H](C)N)c2ccccc2-c2ccc(F)cc21.Cl. The van der Waals surface area contributed by atoms with Crippen molar-refractivity contribution in [2.45, 2.75) is 25.8 Å². The number of para-hydroxylation sites is 1. The number of amides is 2. The molecule has 2 atom stereocenters. The summed E-state index contributed by atoms with van der Waals surface area (Å²) in [7, 11) is 0. The van der Waals surface area contributed by atoms with Gasteiger partial charge in [-0.15, -0.1) is 12.4 Å². The molecule has 0 bridgehead atoms. The molecule has 0 radical (unpaired) electrons. The first-order valence-corrected chi connectivity index (χ1v) is 7.69. The molecule has 1 aliphatic rings. The zero-order valence-corrected chi connectivity index (χ0v) is 14.6. The molecule has 1 unspecified atom stereocenters. The summed E-state index contributed by atoms with van der Waals surface area (Å²) in [6, 6.07) is 10.8. The molecule has 2 amide bonds. The molecule has 1 heterocycles. The van der Waals surface area contributed by atoms with Gasteiger partial charge in [-0.3, -0.25) is 15.0 Å². The highest BCUT2D eigenvalue weighted by atomic mass is 35.5. The van der Waals surface area contributed by atoms with E-state index in [1.807, 2.05) is 12.1 Å². The molecule has 3 rings (SSSR count). The summed E-state index contributed by atoms with van der Waals surface area (Å²) in [5.74, 6) is -1.83. The standard InChI is InChI=1S/C18H18FN3O2.ClH/c1-10-15-9-12(19)7-8-13(15)14-5-3-4-6-16(14)22(18(10)24)21-17(23)11(2)20;/h3-11H,20H2,1-2H3,(H,21,23);1H/t10?,11-;/m0./s1. The van der Waals surface area contributed by atoms with Crippen LogP contribution in [-0.4, -0.2) is 17.9 Å². The fourth-order valence-corrected chi connectivity index (χ4v) is 2.81. The van der Waals surface area contributed by atoms with Gasteiger partial charge in [0.25, 0.3) is 11.8 Å². The summed E-state index contributed by atoms with van der Waals surface area (Å²) in [4.78, 5) is 24.9. The molecule has 0 saturated heterocycles. The minimum absolute atomic E-state index is 0. The van der Waals surface area contributed by atoms with Crippen LogP contribution in [0, 0.1) is 5.82 Å². The molecule has 2 aromatic carbocycles. The number of hydrazine groups is 1. The third-order valence-corrected chi connectivity index (χ3v) is 4.14. The summed E-state index contributed by atoms with van der Waals surface area (Å²) in [5, 5.41) is 1.21. The van der Waals surface area contributed by atoms with Crippen LogP contribution in [-0.2, 0) is 9.59 Å². The highest BCUT2D eigenvalue weighted by Gasteiger charge is 2.33. The zero-order valence-electron chi connectivity index (χ0n) is 13.8. The Morgan fingerprint density at radius 1 is 1.24 bits per heavy atom. The van der Waals surface area contributed by atoms with E-state index in [0.29, 0.717) is 11.3 Å². The van der Waals surface area contributed by atoms with Crippen LogP contribution < -0.4 is 16.2 Å². The van der Waals surface area contributed by atoms with Crippen molar-refractivity contribution in [1.82, 2.24) is 5.43 Å². The van der Waals surface area contributed by atoms with Crippen LogP contribution in [0.25, 0.3) is 11.1 Å².